The summed E-state index contributed by atoms with van der Waals surface area (Å²) in [5.74, 6) is -0.127. The summed E-state index contributed by atoms with van der Waals surface area (Å²) < 4.78 is 4.97. The Morgan fingerprint density at radius 2 is 1.95 bits per heavy atom. The molecular formula is C16H32N2O2. The third-order valence-electron chi connectivity index (χ3n) is 4.10. The molecule has 4 heteroatoms. The van der Waals surface area contributed by atoms with Gasteiger partial charge in [0.15, 0.2) is 0 Å². The monoisotopic (exact) mass is 284 g/mol. The number of esters is 1. The Balaban J connectivity index is 2.28. The molecule has 1 aliphatic carbocycles. The Bertz CT molecular complexity index is 292. The van der Waals surface area contributed by atoms with Gasteiger partial charge in [-0.2, -0.15) is 0 Å². The van der Waals surface area contributed by atoms with Gasteiger partial charge in [0.05, 0.1) is 7.11 Å². The van der Waals surface area contributed by atoms with Crippen LogP contribution < -0.4 is 5.32 Å². The summed E-state index contributed by atoms with van der Waals surface area (Å²) in [6.45, 7) is 6.40. The molecule has 0 aliphatic heterocycles. The third-order valence-corrected chi connectivity index (χ3v) is 4.10. The number of ether oxygens (including phenoxy) is 1. The molecule has 0 saturated heterocycles. The average molecular weight is 284 g/mol. The minimum atomic E-state index is -0.514. The Kier molecular flexibility index (Phi) is 7.52. The minimum absolute atomic E-state index is 0.127. The highest BCUT2D eigenvalue weighted by molar-refractivity contribution is 5.80. The normalized spacial score (nSPS) is 18.1. The van der Waals surface area contributed by atoms with Crippen LogP contribution in [0, 0.1) is 0 Å². The molecule has 1 N–H and O–H groups in total. The van der Waals surface area contributed by atoms with Crippen LogP contribution in [0.3, 0.4) is 0 Å². The van der Waals surface area contributed by atoms with Gasteiger partial charge in [-0.05, 0) is 59.2 Å². The molecule has 0 aromatic carbocycles. The molecular weight excluding hydrogens is 252 g/mol. The molecule has 1 fully saturated rings. The molecule has 1 saturated carbocycles. The Morgan fingerprint density at radius 3 is 2.50 bits per heavy atom. The minimum Gasteiger partial charge on any atom is -0.468 e. The number of methoxy groups -OCH3 is 1. The molecule has 0 radical (unpaired) electrons. The van der Waals surface area contributed by atoms with Crippen LogP contribution in [0.2, 0.25) is 0 Å². The fourth-order valence-electron chi connectivity index (χ4n) is 2.58. The first-order valence-electron chi connectivity index (χ1n) is 8.06. The van der Waals surface area contributed by atoms with Crippen molar-refractivity contribution in [1.82, 2.24) is 10.2 Å². The van der Waals surface area contributed by atoms with Crippen molar-refractivity contribution >= 4 is 5.97 Å². The van der Waals surface area contributed by atoms with E-state index in [1.165, 1.54) is 39.2 Å². The fourth-order valence-corrected chi connectivity index (χ4v) is 2.58. The van der Waals surface area contributed by atoms with Gasteiger partial charge in [0.1, 0.15) is 5.54 Å². The molecule has 20 heavy (non-hydrogen) atoms. The maximum atomic E-state index is 12.0. The van der Waals surface area contributed by atoms with Crippen LogP contribution in [0.4, 0.5) is 0 Å². The summed E-state index contributed by atoms with van der Waals surface area (Å²) >= 11 is 0. The second-order valence-electron chi connectivity index (χ2n) is 6.36. The summed E-state index contributed by atoms with van der Waals surface area (Å²) in [6, 6.07) is 0.515. The van der Waals surface area contributed by atoms with Crippen LogP contribution in [0.25, 0.3) is 0 Å². The first kappa shape index (κ1) is 17.4. The zero-order valence-corrected chi connectivity index (χ0v) is 13.7. The molecule has 0 heterocycles. The molecule has 1 unspecified atom stereocenters. The van der Waals surface area contributed by atoms with E-state index in [1.54, 1.807) is 0 Å². The van der Waals surface area contributed by atoms with E-state index >= 15 is 0 Å². The lowest BCUT2D eigenvalue weighted by atomic mass is 9.95. The summed E-state index contributed by atoms with van der Waals surface area (Å²) in [5, 5.41) is 3.45. The van der Waals surface area contributed by atoms with E-state index in [-0.39, 0.29) is 5.97 Å². The number of hydrogen-bond acceptors (Lipinski definition) is 4. The van der Waals surface area contributed by atoms with E-state index in [0.29, 0.717) is 6.04 Å². The lowest BCUT2D eigenvalue weighted by Crippen LogP contribution is -2.51. The van der Waals surface area contributed by atoms with Crippen molar-refractivity contribution in [2.75, 3.05) is 27.2 Å². The van der Waals surface area contributed by atoms with E-state index in [0.717, 1.165) is 25.9 Å². The van der Waals surface area contributed by atoms with Crippen molar-refractivity contribution in [3.8, 4) is 0 Å². The zero-order chi connectivity index (χ0) is 15.0. The fraction of sp³-hybridized carbons (Fsp3) is 0.938. The van der Waals surface area contributed by atoms with Crippen LogP contribution in [-0.4, -0.2) is 49.7 Å². The third kappa shape index (κ3) is 6.23. The summed E-state index contributed by atoms with van der Waals surface area (Å²) in [4.78, 5) is 14.4. The van der Waals surface area contributed by atoms with Crippen molar-refractivity contribution in [2.45, 2.75) is 70.4 Å². The van der Waals surface area contributed by atoms with E-state index in [1.807, 2.05) is 6.92 Å². The molecule has 118 valence electrons. The number of unbranched alkanes of at least 4 members (excludes halogenated alkanes) is 2. The highest BCUT2D eigenvalue weighted by Crippen LogP contribution is 2.25. The second kappa shape index (κ2) is 8.63. The van der Waals surface area contributed by atoms with Gasteiger partial charge in [0, 0.05) is 6.04 Å². The van der Waals surface area contributed by atoms with E-state index in [9.17, 15) is 4.79 Å². The number of carbonyl (C=O) groups excluding carboxylic acids is 1. The van der Waals surface area contributed by atoms with Crippen LogP contribution in [0.1, 0.15) is 58.8 Å². The van der Waals surface area contributed by atoms with E-state index in [4.69, 9.17) is 4.74 Å². The highest BCUT2D eigenvalue weighted by Gasteiger charge is 2.38. The van der Waals surface area contributed by atoms with E-state index in [2.05, 4.69) is 24.2 Å². The molecule has 0 bridgehead atoms. The molecule has 0 amide bonds. The van der Waals surface area contributed by atoms with Gasteiger partial charge in [0.25, 0.3) is 0 Å². The first-order chi connectivity index (χ1) is 9.51. The maximum absolute atomic E-state index is 12.0. The van der Waals surface area contributed by atoms with Gasteiger partial charge in [0.2, 0.25) is 0 Å². The summed E-state index contributed by atoms with van der Waals surface area (Å²) in [5.41, 5.74) is -0.514. The van der Waals surface area contributed by atoms with Gasteiger partial charge in [-0.1, -0.05) is 19.8 Å². The standard InChI is InChI=1S/C16H32N2O2/c1-5-6-7-12-18(3)13-8-11-16(2,15(19)20-4)17-14-9-10-14/h14,17H,5-13H2,1-4H3. The molecule has 4 nitrogen and oxygen atoms in total. The summed E-state index contributed by atoms with van der Waals surface area (Å²) in [7, 11) is 3.64. The molecule has 1 aliphatic rings. The Hall–Kier alpha value is -0.610. The summed E-state index contributed by atoms with van der Waals surface area (Å²) in [6.07, 6.45) is 8.06. The van der Waals surface area contributed by atoms with Crippen molar-refractivity contribution in [1.29, 1.82) is 0 Å². The molecule has 0 aromatic rings. The molecule has 0 spiro atoms. The van der Waals surface area contributed by atoms with Crippen molar-refractivity contribution in [3.05, 3.63) is 0 Å². The number of hydrogen-bond donors (Lipinski definition) is 1. The number of rotatable bonds is 11. The lowest BCUT2D eigenvalue weighted by molar-refractivity contribution is -0.148. The smallest absolute Gasteiger partial charge is 0.325 e. The molecule has 1 atom stereocenters. The quantitative estimate of drug-likeness (QED) is 0.468. The number of nitrogens with one attached hydrogen (secondary N) is 1. The van der Waals surface area contributed by atoms with Crippen molar-refractivity contribution < 1.29 is 9.53 Å². The van der Waals surface area contributed by atoms with Crippen LogP contribution >= 0.6 is 0 Å². The predicted molar refractivity (Wildman–Crippen MR) is 82.8 cm³/mol. The van der Waals surface area contributed by atoms with Crippen molar-refractivity contribution in [2.24, 2.45) is 0 Å². The maximum Gasteiger partial charge on any atom is 0.325 e. The largest absolute Gasteiger partial charge is 0.468 e. The number of nitrogens with zero attached hydrogens (tertiary/aromatic N) is 1. The first-order valence-corrected chi connectivity index (χ1v) is 8.06. The molecule has 0 aromatic heterocycles. The number of carbonyl (C=O) groups is 1. The zero-order valence-electron chi connectivity index (χ0n) is 13.7. The average Bonchev–Trinajstić information content (AvgIpc) is 3.21. The second-order valence-corrected chi connectivity index (χ2v) is 6.36. The van der Waals surface area contributed by atoms with Gasteiger partial charge in [-0.3, -0.25) is 10.1 Å². The lowest BCUT2D eigenvalue weighted by Gasteiger charge is -2.29. The van der Waals surface area contributed by atoms with Gasteiger partial charge < -0.3 is 9.64 Å². The van der Waals surface area contributed by atoms with Crippen LogP contribution in [-0.2, 0) is 9.53 Å². The van der Waals surface area contributed by atoms with Crippen LogP contribution in [0.5, 0.6) is 0 Å². The SMILES string of the molecule is CCCCCN(C)CCCC(C)(NC1CC1)C(=O)OC. The van der Waals surface area contributed by atoms with Gasteiger partial charge in [-0.25, -0.2) is 0 Å². The van der Waals surface area contributed by atoms with Crippen LogP contribution in [0.15, 0.2) is 0 Å². The topological polar surface area (TPSA) is 41.6 Å². The van der Waals surface area contributed by atoms with Gasteiger partial charge in [-0.15, -0.1) is 0 Å². The Labute approximate surface area is 124 Å². The van der Waals surface area contributed by atoms with Gasteiger partial charge >= 0.3 is 5.97 Å². The molecule has 1 rings (SSSR count). The Morgan fingerprint density at radius 1 is 1.30 bits per heavy atom. The predicted octanol–water partition coefficient (Wildman–Crippen LogP) is 2.57. The van der Waals surface area contributed by atoms with Crippen molar-refractivity contribution in [3.63, 3.8) is 0 Å². The van der Waals surface area contributed by atoms with E-state index < -0.39 is 5.54 Å². The highest BCUT2D eigenvalue weighted by atomic mass is 16.5.